The SMILES string of the molecule is CC(C)(C)NC(=O)N1CC2C(CCNC(=O)/C=C/c3ccc(N)nc3)C2C1. The number of rotatable bonds is 5. The first kappa shape index (κ1) is 19.2. The van der Waals surface area contributed by atoms with Crippen LogP contribution in [0.15, 0.2) is 24.4 Å². The molecule has 2 aliphatic rings. The van der Waals surface area contributed by atoms with Crippen LogP contribution < -0.4 is 16.4 Å². The smallest absolute Gasteiger partial charge is 0.317 e. The number of aromatic nitrogens is 1. The highest BCUT2D eigenvalue weighted by Gasteiger charge is 2.55. The molecule has 27 heavy (non-hydrogen) atoms. The molecule has 1 saturated heterocycles. The molecule has 1 aliphatic carbocycles. The molecule has 7 heteroatoms. The molecule has 3 rings (SSSR count). The van der Waals surface area contributed by atoms with E-state index in [0.29, 0.717) is 30.1 Å². The Balaban J connectivity index is 1.33. The second-order valence-corrected chi connectivity index (χ2v) is 8.51. The number of anilines is 1. The minimum Gasteiger partial charge on any atom is -0.384 e. The van der Waals surface area contributed by atoms with Gasteiger partial charge in [-0.25, -0.2) is 9.78 Å². The number of pyridine rings is 1. The van der Waals surface area contributed by atoms with Crippen LogP contribution in [-0.2, 0) is 4.79 Å². The summed E-state index contributed by atoms with van der Waals surface area (Å²) in [4.78, 5) is 30.0. The summed E-state index contributed by atoms with van der Waals surface area (Å²) in [7, 11) is 0. The zero-order valence-corrected chi connectivity index (χ0v) is 16.2. The molecule has 2 atom stereocenters. The molecule has 0 radical (unpaired) electrons. The fraction of sp³-hybridized carbons (Fsp3) is 0.550. The van der Waals surface area contributed by atoms with E-state index in [1.165, 1.54) is 6.08 Å². The average molecular weight is 371 g/mol. The minimum absolute atomic E-state index is 0.0315. The number of fused-ring (bicyclic) bond motifs is 1. The number of hydrogen-bond acceptors (Lipinski definition) is 4. The van der Waals surface area contributed by atoms with Gasteiger partial charge < -0.3 is 21.3 Å². The van der Waals surface area contributed by atoms with E-state index in [9.17, 15) is 9.59 Å². The second-order valence-electron chi connectivity index (χ2n) is 8.51. The number of piperidine rings is 1. The van der Waals surface area contributed by atoms with E-state index in [2.05, 4.69) is 15.6 Å². The van der Waals surface area contributed by atoms with Crippen LogP contribution in [0.5, 0.6) is 0 Å². The molecule has 7 nitrogen and oxygen atoms in total. The summed E-state index contributed by atoms with van der Waals surface area (Å²) in [5, 5.41) is 5.94. The van der Waals surface area contributed by atoms with Gasteiger partial charge in [0, 0.05) is 37.4 Å². The standard InChI is InChI=1S/C20H29N5O2/c1-20(2,3)24-19(27)25-11-15-14(16(15)12-25)8-9-22-18(26)7-5-13-4-6-17(21)23-10-13/h4-7,10,14-16H,8-9,11-12H2,1-3H3,(H2,21,23)(H,22,26)(H,24,27)/b7-5+. The fourth-order valence-electron chi connectivity index (χ4n) is 3.75. The number of urea groups is 1. The van der Waals surface area contributed by atoms with Crippen molar-refractivity contribution in [1.29, 1.82) is 0 Å². The monoisotopic (exact) mass is 371 g/mol. The number of nitrogen functional groups attached to an aromatic ring is 1. The van der Waals surface area contributed by atoms with Gasteiger partial charge >= 0.3 is 6.03 Å². The van der Waals surface area contributed by atoms with Crippen molar-refractivity contribution in [1.82, 2.24) is 20.5 Å². The van der Waals surface area contributed by atoms with E-state index in [1.807, 2.05) is 31.7 Å². The molecule has 0 aromatic carbocycles. The molecule has 1 aliphatic heterocycles. The first-order chi connectivity index (χ1) is 12.7. The summed E-state index contributed by atoms with van der Waals surface area (Å²) in [5.41, 5.74) is 6.17. The van der Waals surface area contributed by atoms with Gasteiger partial charge in [0.2, 0.25) is 5.91 Å². The quantitative estimate of drug-likeness (QED) is 0.688. The maximum atomic E-state index is 12.2. The zero-order chi connectivity index (χ0) is 19.6. The summed E-state index contributed by atoms with van der Waals surface area (Å²) in [6.45, 7) is 8.29. The van der Waals surface area contributed by atoms with Crippen LogP contribution in [0, 0.1) is 17.8 Å². The van der Waals surface area contributed by atoms with Crippen LogP contribution in [0.4, 0.5) is 10.6 Å². The predicted molar refractivity (Wildman–Crippen MR) is 106 cm³/mol. The molecule has 0 spiro atoms. The zero-order valence-electron chi connectivity index (χ0n) is 16.2. The molecule has 146 valence electrons. The molecule has 0 bridgehead atoms. The number of amides is 3. The molecule has 2 fully saturated rings. The number of likely N-dealkylation sites (tertiary alicyclic amines) is 1. The molecule has 1 aromatic rings. The maximum absolute atomic E-state index is 12.2. The summed E-state index contributed by atoms with van der Waals surface area (Å²) >= 11 is 0. The van der Waals surface area contributed by atoms with Gasteiger partial charge in [-0.2, -0.15) is 0 Å². The molecular weight excluding hydrogens is 342 g/mol. The Morgan fingerprint density at radius 2 is 2.00 bits per heavy atom. The molecule has 4 N–H and O–H groups in total. The van der Waals surface area contributed by atoms with Gasteiger partial charge in [-0.15, -0.1) is 0 Å². The highest BCUT2D eigenvalue weighted by Crippen LogP contribution is 2.53. The molecule has 2 unspecified atom stereocenters. The van der Waals surface area contributed by atoms with Gasteiger partial charge in [0.25, 0.3) is 0 Å². The van der Waals surface area contributed by atoms with Gasteiger partial charge in [-0.1, -0.05) is 0 Å². The third-order valence-corrected chi connectivity index (χ3v) is 5.15. The Kier molecular flexibility index (Phi) is 5.39. The normalized spacial score (nSPS) is 24.0. The predicted octanol–water partition coefficient (Wildman–Crippen LogP) is 1.87. The summed E-state index contributed by atoms with van der Waals surface area (Å²) in [6, 6.07) is 3.55. The maximum Gasteiger partial charge on any atom is 0.317 e. The van der Waals surface area contributed by atoms with E-state index in [4.69, 9.17) is 5.73 Å². The Morgan fingerprint density at radius 1 is 1.30 bits per heavy atom. The number of carbonyl (C=O) groups excluding carboxylic acids is 2. The lowest BCUT2D eigenvalue weighted by Crippen LogP contribution is -2.48. The highest BCUT2D eigenvalue weighted by molar-refractivity contribution is 5.91. The summed E-state index contributed by atoms with van der Waals surface area (Å²) in [6.07, 6.45) is 5.83. The van der Waals surface area contributed by atoms with Crippen LogP contribution >= 0.6 is 0 Å². The average Bonchev–Trinajstić information content (AvgIpc) is 3.02. The number of nitrogens with one attached hydrogen (secondary N) is 2. The van der Waals surface area contributed by atoms with Crippen LogP contribution in [0.3, 0.4) is 0 Å². The van der Waals surface area contributed by atoms with Crippen molar-refractivity contribution in [3.63, 3.8) is 0 Å². The molecule has 2 heterocycles. The Morgan fingerprint density at radius 3 is 2.59 bits per heavy atom. The largest absolute Gasteiger partial charge is 0.384 e. The van der Waals surface area contributed by atoms with Crippen LogP contribution in [0.25, 0.3) is 6.08 Å². The van der Waals surface area contributed by atoms with E-state index >= 15 is 0 Å². The van der Waals surface area contributed by atoms with Crippen molar-refractivity contribution in [3.8, 4) is 0 Å². The van der Waals surface area contributed by atoms with Crippen LogP contribution in [-0.4, -0.2) is 47.0 Å². The van der Waals surface area contributed by atoms with Crippen LogP contribution in [0.1, 0.15) is 32.8 Å². The van der Waals surface area contributed by atoms with Crippen molar-refractivity contribution in [2.75, 3.05) is 25.4 Å². The van der Waals surface area contributed by atoms with Crippen molar-refractivity contribution >= 4 is 23.8 Å². The van der Waals surface area contributed by atoms with Gasteiger partial charge in [-0.3, -0.25) is 4.79 Å². The van der Waals surface area contributed by atoms with Gasteiger partial charge in [0.1, 0.15) is 5.82 Å². The Labute approximate surface area is 160 Å². The molecule has 1 saturated carbocycles. The fourth-order valence-corrected chi connectivity index (χ4v) is 3.75. The van der Waals surface area contributed by atoms with E-state index in [0.717, 1.165) is 25.1 Å². The lowest BCUT2D eigenvalue weighted by atomic mass is 10.1. The first-order valence-corrected chi connectivity index (χ1v) is 9.47. The van der Waals surface area contributed by atoms with Gasteiger partial charge in [0.05, 0.1) is 0 Å². The van der Waals surface area contributed by atoms with E-state index < -0.39 is 0 Å². The minimum atomic E-state index is -0.205. The Bertz CT molecular complexity index is 711. The lowest BCUT2D eigenvalue weighted by molar-refractivity contribution is -0.116. The molecule has 1 aromatic heterocycles. The number of nitrogens with zero attached hydrogens (tertiary/aromatic N) is 2. The second kappa shape index (κ2) is 7.58. The topological polar surface area (TPSA) is 100 Å². The van der Waals surface area contributed by atoms with Gasteiger partial charge in [0.15, 0.2) is 0 Å². The third kappa shape index (κ3) is 5.21. The summed E-state index contributed by atoms with van der Waals surface area (Å²) in [5.74, 6) is 2.15. The number of hydrogen-bond donors (Lipinski definition) is 3. The highest BCUT2D eigenvalue weighted by atomic mass is 16.2. The third-order valence-electron chi connectivity index (χ3n) is 5.15. The van der Waals surface area contributed by atoms with Crippen molar-refractivity contribution in [3.05, 3.63) is 30.0 Å². The molecular formula is C20H29N5O2. The van der Waals surface area contributed by atoms with Crippen LogP contribution in [0.2, 0.25) is 0 Å². The summed E-state index contributed by atoms with van der Waals surface area (Å²) < 4.78 is 0. The van der Waals surface area contributed by atoms with E-state index in [-0.39, 0.29) is 17.5 Å². The van der Waals surface area contributed by atoms with Crippen molar-refractivity contribution in [2.24, 2.45) is 17.8 Å². The molecule has 3 amide bonds. The Hall–Kier alpha value is -2.57. The van der Waals surface area contributed by atoms with Crippen molar-refractivity contribution < 1.29 is 9.59 Å². The van der Waals surface area contributed by atoms with Gasteiger partial charge in [-0.05, 0) is 68.7 Å². The lowest BCUT2D eigenvalue weighted by Gasteiger charge is -2.27. The van der Waals surface area contributed by atoms with Crippen molar-refractivity contribution in [2.45, 2.75) is 32.7 Å². The number of nitrogens with two attached hydrogens (primary N) is 1. The van der Waals surface area contributed by atoms with E-state index in [1.54, 1.807) is 18.3 Å². The number of carbonyl (C=O) groups is 2. The first-order valence-electron chi connectivity index (χ1n) is 9.47.